The molecule has 2 rings (SSSR count). The minimum Gasteiger partial charge on any atom is -0.467 e. The van der Waals surface area contributed by atoms with Gasteiger partial charge in [0, 0.05) is 5.02 Å². The molecule has 0 aliphatic heterocycles. The third-order valence-corrected chi connectivity index (χ3v) is 5.60. The van der Waals surface area contributed by atoms with Crippen molar-refractivity contribution < 1.29 is 14.3 Å². The van der Waals surface area contributed by atoms with E-state index in [1.54, 1.807) is 0 Å². The molecule has 0 aromatic heterocycles. The fourth-order valence-electron chi connectivity index (χ4n) is 3.44. The molecule has 1 aromatic rings. The number of carbonyl (C=O) groups is 2. The normalized spacial score (nSPS) is 22.7. The van der Waals surface area contributed by atoms with Crippen molar-refractivity contribution in [1.82, 2.24) is 5.32 Å². The predicted molar refractivity (Wildman–Crippen MR) is 102 cm³/mol. The SMILES string of the molecule is C.COC(=O)C1(NC(=O)Cc2c(C)ccc(Cl)c2C)CCC(C)CC1. The van der Waals surface area contributed by atoms with Crippen molar-refractivity contribution in [1.29, 1.82) is 0 Å². The van der Waals surface area contributed by atoms with Crippen molar-refractivity contribution in [2.24, 2.45) is 5.92 Å². The number of methoxy groups -OCH3 is 1. The van der Waals surface area contributed by atoms with E-state index < -0.39 is 5.54 Å². The maximum Gasteiger partial charge on any atom is 0.331 e. The predicted octanol–water partition coefficient (Wildman–Crippen LogP) is 4.37. The summed E-state index contributed by atoms with van der Waals surface area (Å²) in [5.74, 6) is 0.0582. The Bertz CT molecular complexity index is 634. The maximum atomic E-state index is 12.6. The summed E-state index contributed by atoms with van der Waals surface area (Å²) in [6.07, 6.45) is 3.28. The summed E-state index contributed by atoms with van der Waals surface area (Å²) in [5.41, 5.74) is 1.97. The van der Waals surface area contributed by atoms with E-state index in [0.29, 0.717) is 23.8 Å². The molecule has 5 heteroatoms. The first-order valence-electron chi connectivity index (χ1n) is 8.43. The van der Waals surface area contributed by atoms with Gasteiger partial charge in [-0.2, -0.15) is 0 Å². The molecule has 1 aliphatic carbocycles. The second-order valence-electron chi connectivity index (χ2n) is 6.95. The Morgan fingerprint density at radius 2 is 1.88 bits per heavy atom. The molecule has 0 bridgehead atoms. The van der Waals surface area contributed by atoms with Crippen molar-refractivity contribution >= 4 is 23.5 Å². The highest BCUT2D eigenvalue weighted by Crippen LogP contribution is 2.33. The molecule has 0 atom stereocenters. The second-order valence-corrected chi connectivity index (χ2v) is 7.36. The molecule has 25 heavy (non-hydrogen) atoms. The molecule has 0 radical (unpaired) electrons. The first-order chi connectivity index (χ1) is 11.3. The summed E-state index contributed by atoms with van der Waals surface area (Å²) in [6.45, 7) is 6.04. The van der Waals surface area contributed by atoms with Gasteiger partial charge >= 0.3 is 5.97 Å². The first-order valence-corrected chi connectivity index (χ1v) is 8.81. The molecule has 1 N–H and O–H groups in total. The lowest BCUT2D eigenvalue weighted by atomic mass is 9.77. The Kier molecular flexibility index (Phi) is 7.48. The maximum absolute atomic E-state index is 12.6. The fourth-order valence-corrected chi connectivity index (χ4v) is 3.61. The Morgan fingerprint density at radius 1 is 1.28 bits per heavy atom. The lowest BCUT2D eigenvalue weighted by molar-refractivity contribution is -0.153. The van der Waals surface area contributed by atoms with Crippen LogP contribution in [-0.4, -0.2) is 24.5 Å². The van der Waals surface area contributed by atoms with E-state index in [1.807, 2.05) is 26.0 Å². The standard InChI is InChI=1S/C19H26ClNO3.CH4/c1-12-7-9-19(10-8-12,18(23)24-4)21-17(22)11-15-13(2)5-6-16(20)14(15)3;/h5-6,12H,7-11H2,1-4H3,(H,21,22);1H4. The lowest BCUT2D eigenvalue weighted by Crippen LogP contribution is -2.57. The lowest BCUT2D eigenvalue weighted by Gasteiger charge is -2.37. The third-order valence-electron chi connectivity index (χ3n) is 5.19. The van der Waals surface area contributed by atoms with E-state index in [4.69, 9.17) is 16.3 Å². The number of nitrogens with one attached hydrogen (secondary N) is 1. The molecule has 1 fully saturated rings. The Morgan fingerprint density at radius 3 is 2.44 bits per heavy atom. The van der Waals surface area contributed by atoms with Gasteiger partial charge in [-0.05, 0) is 68.2 Å². The topological polar surface area (TPSA) is 55.4 Å². The molecule has 1 saturated carbocycles. The number of halogens is 1. The average Bonchev–Trinajstić information content (AvgIpc) is 2.56. The summed E-state index contributed by atoms with van der Waals surface area (Å²) < 4.78 is 4.97. The van der Waals surface area contributed by atoms with Crippen LogP contribution in [0.1, 0.15) is 56.7 Å². The minimum atomic E-state index is -0.890. The molecule has 0 spiro atoms. The molecule has 4 nitrogen and oxygen atoms in total. The smallest absolute Gasteiger partial charge is 0.331 e. The monoisotopic (exact) mass is 367 g/mol. The van der Waals surface area contributed by atoms with Gasteiger partial charge in [0.1, 0.15) is 5.54 Å². The number of esters is 1. The number of ether oxygens (including phenoxy) is 1. The second kappa shape index (κ2) is 8.70. The molecule has 1 aliphatic rings. The molecule has 0 heterocycles. The zero-order valence-corrected chi connectivity index (χ0v) is 15.6. The van der Waals surface area contributed by atoms with Crippen LogP contribution < -0.4 is 5.32 Å². The highest BCUT2D eigenvalue weighted by molar-refractivity contribution is 6.31. The minimum absolute atomic E-state index is 0. The third kappa shape index (κ3) is 4.75. The van der Waals surface area contributed by atoms with Gasteiger partial charge < -0.3 is 10.1 Å². The van der Waals surface area contributed by atoms with Crippen molar-refractivity contribution in [3.05, 3.63) is 33.8 Å². The van der Waals surface area contributed by atoms with Crippen molar-refractivity contribution in [3.63, 3.8) is 0 Å². The molecule has 140 valence electrons. The van der Waals surface area contributed by atoms with Crippen LogP contribution in [0.25, 0.3) is 0 Å². The number of carbonyl (C=O) groups excluding carboxylic acids is 2. The van der Waals surface area contributed by atoms with Crippen LogP contribution in [0.4, 0.5) is 0 Å². The van der Waals surface area contributed by atoms with Crippen LogP contribution in [0.15, 0.2) is 12.1 Å². The van der Waals surface area contributed by atoms with Gasteiger partial charge in [-0.1, -0.05) is 32.0 Å². The Balaban J connectivity index is 0.00000312. The quantitative estimate of drug-likeness (QED) is 0.804. The summed E-state index contributed by atoms with van der Waals surface area (Å²) in [7, 11) is 1.37. The summed E-state index contributed by atoms with van der Waals surface area (Å²) in [5, 5.41) is 3.62. The number of hydrogen-bond acceptors (Lipinski definition) is 3. The van der Waals surface area contributed by atoms with Gasteiger partial charge in [0.15, 0.2) is 0 Å². The van der Waals surface area contributed by atoms with Gasteiger partial charge in [-0.3, -0.25) is 4.79 Å². The van der Waals surface area contributed by atoms with Crippen molar-refractivity contribution in [2.75, 3.05) is 7.11 Å². The molecular formula is C20H30ClNO3. The highest BCUT2D eigenvalue weighted by Gasteiger charge is 2.43. The van der Waals surface area contributed by atoms with Crippen LogP contribution in [0, 0.1) is 19.8 Å². The summed E-state index contributed by atoms with van der Waals surface area (Å²) in [4.78, 5) is 25.0. The van der Waals surface area contributed by atoms with Crippen LogP contribution in [0.5, 0.6) is 0 Å². The van der Waals surface area contributed by atoms with Gasteiger partial charge in [-0.25, -0.2) is 4.79 Å². The van der Waals surface area contributed by atoms with E-state index in [0.717, 1.165) is 29.5 Å². The number of aryl methyl sites for hydroxylation is 1. The highest BCUT2D eigenvalue weighted by atomic mass is 35.5. The fraction of sp³-hybridized carbons (Fsp3) is 0.600. The molecule has 1 aromatic carbocycles. The van der Waals surface area contributed by atoms with Crippen molar-refractivity contribution in [2.45, 2.75) is 65.8 Å². The number of benzene rings is 1. The zero-order chi connectivity index (χ0) is 17.9. The molecule has 1 amide bonds. The average molecular weight is 368 g/mol. The molecular weight excluding hydrogens is 338 g/mol. The van der Waals surface area contributed by atoms with Gasteiger partial charge in [0.25, 0.3) is 0 Å². The van der Waals surface area contributed by atoms with Gasteiger partial charge in [0.05, 0.1) is 13.5 Å². The van der Waals surface area contributed by atoms with E-state index >= 15 is 0 Å². The largest absolute Gasteiger partial charge is 0.467 e. The Hall–Kier alpha value is -1.55. The van der Waals surface area contributed by atoms with Crippen LogP contribution in [0.2, 0.25) is 5.02 Å². The first kappa shape index (κ1) is 21.5. The van der Waals surface area contributed by atoms with E-state index in [2.05, 4.69) is 12.2 Å². The molecule has 0 unspecified atom stereocenters. The summed E-state index contributed by atoms with van der Waals surface area (Å²) in [6, 6.07) is 3.75. The van der Waals surface area contributed by atoms with Crippen LogP contribution in [0.3, 0.4) is 0 Å². The molecule has 0 saturated heterocycles. The number of hydrogen-bond donors (Lipinski definition) is 1. The van der Waals surface area contributed by atoms with Crippen molar-refractivity contribution in [3.8, 4) is 0 Å². The van der Waals surface area contributed by atoms with Crippen LogP contribution in [-0.2, 0) is 20.7 Å². The van der Waals surface area contributed by atoms with E-state index in [-0.39, 0.29) is 25.7 Å². The number of amides is 1. The zero-order valence-electron chi connectivity index (χ0n) is 14.9. The van der Waals surface area contributed by atoms with E-state index in [9.17, 15) is 9.59 Å². The van der Waals surface area contributed by atoms with Crippen LogP contribution >= 0.6 is 11.6 Å². The summed E-state index contributed by atoms with van der Waals surface area (Å²) >= 11 is 6.17. The van der Waals surface area contributed by atoms with Gasteiger partial charge in [-0.15, -0.1) is 0 Å². The Labute approximate surface area is 156 Å². The number of rotatable bonds is 4. The van der Waals surface area contributed by atoms with E-state index in [1.165, 1.54) is 7.11 Å². The van der Waals surface area contributed by atoms with Gasteiger partial charge in [0.2, 0.25) is 5.91 Å².